The van der Waals surface area contributed by atoms with Crippen LogP contribution in [0.4, 0.5) is 0 Å². The van der Waals surface area contributed by atoms with E-state index in [0.29, 0.717) is 13.0 Å². The Morgan fingerprint density at radius 3 is 2.58 bits per heavy atom. The number of carbonyl (C=O) groups excluding carboxylic acids is 1. The standard InChI is InChI=1S/C9H19NO2/c1-3-5-8(11)7-10-9(12)6-4-2/h8,11H,3-7H2,1-2H3,(H,10,12). The van der Waals surface area contributed by atoms with Crippen molar-refractivity contribution in [1.29, 1.82) is 0 Å². The van der Waals surface area contributed by atoms with Crippen LogP contribution in [-0.2, 0) is 4.79 Å². The molecular formula is C9H19NO2. The molecule has 0 heterocycles. The molecule has 0 radical (unpaired) electrons. The number of carbonyl (C=O) groups is 1. The SMILES string of the molecule is CCCC(=O)NCC(O)CCC. The summed E-state index contributed by atoms with van der Waals surface area (Å²) in [6.07, 6.45) is 2.74. The predicted molar refractivity (Wildman–Crippen MR) is 48.8 cm³/mol. The van der Waals surface area contributed by atoms with E-state index in [0.717, 1.165) is 19.3 Å². The van der Waals surface area contributed by atoms with Gasteiger partial charge in [0.15, 0.2) is 0 Å². The van der Waals surface area contributed by atoms with Crippen LogP contribution in [0.15, 0.2) is 0 Å². The topological polar surface area (TPSA) is 49.3 Å². The maximum absolute atomic E-state index is 10.9. The fraction of sp³-hybridized carbons (Fsp3) is 0.889. The zero-order valence-corrected chi connectivity index (χ0v) is 7.97. The third-order valence-electron chi connectivity index (χ3n) is 1.63. The van der Waals surface area contributed by atoms with Gasteiger partial charge in [0.25, 0.3) is 0 Å². The van der Waals surface area contributed by atoms with E-state index < -0.39 is 0 Å². The molecule has 0 aromatic heterocycles. The predicted octanol–water partition coefficient (Wildman–Crippen LogP) is 1.06. The van der Waals surface area contributed by atoms with Gasteiger partial charge in [0, 0.05) is 13.0 Å². The molecule has 0 saturated carbocycles. The highest BCUT2D eigenvalue weighted by molar-refractivity contribution is 5.75. The van der Waals surface area contributed by atoms with Crippen molar-refractivity contribution in [3.63, 3.8) is 0 Å². The summed E-state index contributed by atoms with van der Waals surface area (Å²) in [6, 6.07) is 0. The fourth-order valence-corrected chi connectivity index (χ4v) is 0.982. The minimum absolute atomic E-state index is 0.0349. The van der Waals surface area contributed by atoms with Crippen molar-refractivity contribution in [2.24, 2.45) is 0 Å². The molecule has 3 heteroatoms. The van der Waals surface area contributed by atoms with Crippen LogP contribution in [0.3, 0.4) is 0 Å². The maximum Gasteiger partial charge on any atom is 0.220 e. The van der Waals surface area contributed by atoms with Crippen molar-refractivity contribution in [3.8, 4) is 0 Å². The molecule has 1 unspecified atom stereocenters. The van der Waals surface area contributed by atoms with Crippen molar-refractivity contribution >= 4 is 5.91 Å². The molecule has 0 fully saturated rings. The number of nitrogens with one attached hydrogen (secondary N) is 1. The van der Waals surface area contributed by atoms with Gasteiger partial charge in [-0.3, -0.25) is 4.79 Å². The minimum Gasteiger partial charge on any atom is -0.391 e. The number of amides is 1. The first-order valence-electron chi connectivity index (χ1n) is 4.65. The largest absolute Gasteiger partial charge is 0.391 e. The van der Waals surface area contributed by atoms with Crippen LogP contribution in [0, 0.1) is 0 Å². The lowest BCUT2D eigenvalue weighted by Gasteiger charge is -2.09. The zero-order valence-electron chi connectivity index (χ0n) is 7.97. The molecule has 12 heavy (non-hydrogen) atoms. The van der Waals surface area contributed by atoms with Gasteiger partial charge >= 0.3 is 0 Å². The summed E-state index contributed by atoms with van der Waals surface area (Å²) in [6.45, 7) is 4.37. The number of hydrogen-bond donors (Lipinski definition) is 2. The van der Waals surface area contributed by atoms with E-state index in [-0.39, 0.29) is 12.0 Å². The summed E-state index contributed by atoms with van der Waals surface area (Å²) in [4.78, 5) is 10.9. The first kappa shape index (κ1) is 11.4. The summed E-state index contributed by atoms with van der Waals surface area (Å²) in [7, 11) is 0. The van der Waals surface area contributed by atoms with Crippen LogP contribution < -0.4 is 5.32 Å². The molecule has 1 atom stereocenters. The Balaban J connectivity index is 3.33. The van der Waals surface area contributed by atoms with Crippen molar-refractivity contribution in [2.45, 2.75) is 45.6 Å². The molecule has 72 valence electrons. The third-order valence-corrected chi connectivity index (χ3v) is 1.63. The first-order chi connectivity index (χ1) is 5.70. The van der Waals surface area contributed by atoms with Gasteiger partial charge in [0.05, 0.1) is 6.10 Å². The van der Waals surface area contributed by atoms with Crippen molar-refractivity contribution in [2.75, 3.05) is 6.54 Å². The van der Waals surface area contributed by atoms with Gasteiger partial charge in [-0.1, -0.05) is 20.3 Å². The summed E-state index contributed by atoms with van der Waals surface area (Å²) in [5.41, 5.74) is 0. The van der Waals surface area contributed by atoms with Crippen LogP contribution in [0.25, 0.3) is 0 Å². The van der Waals surface area contributed by atoms with Gasteiger partial charge in [0.1, 0.15) is 0 Å². The lowest BCUT2D eigenvalue weighted by atomic mass is 10.2. The molecule has 3 nitrogen and oxygen atoms in total. The van der Waals surface area contributed by atoms with Crippen molar-refractivity contribution < 1.29 is 9.90 Å². The summed E-state index contributed by atoms with van der Waals surface area (Å²) >= 11 is 0. The summed E-state index contributed by atoms with van der Waals surface area (Å²) in [5.74, 6) is 0.0349. The van der Waals surface area contributed by atoms with E-state index >= 15 is 0 Å². The van der Waals surface area contributed by atoms with E-state index in [1.54, 1.807) is 0 Å². The second-order valence-electron chi connectivity index (χ2n) is 3.00. The maximum atomic E-state index is 10.9. The van der Waals surface area contributed by atoms with Crippen LogP contribution >= 0.6 is 0 Å². The summed E-state index contributed by atoms with van der Waals surface area (Å²) < 4.78 is 0. The Kier molecular flexibility index (Phi) is 6.76. The van der Waals surface area contributed by atoms with E-state index in [4.69, 9.17) is 0 Å². The lowest BCUT2D eigenvalue weighted by Crippen LogP contribution is -2.31. The summed E-state index contributed by atoms with van der Waals surface area (Å²) in [5, 5.41) is 11.9. The molecule has 0 aliphatic heterocycles. The normalized spacial score (nSPS) is 12.6. The third kappa shape index (κ3) is 6.16. The Labute approximate surface area is 74.2 Å². The van der Waals surface area contributed by atoms with Crippen molar-refractivity contribution in [1.82, 2.24) is 5.32 Å². The average molecular weight is 173 g/mol. The number of rotatable bonds is 6. The van der Waals surface area contributed by atoms with Gasteiger partial charge in [-0.25, -0.2) is 0 Å². The van der Waals surface area contributed by atoms with Crippen LogP contribution in [-0.4, -0.2) is 23.7 Å². The molecule has 0 spiro atoms. The monoisotopic (exact) mass is 173 g/mol. The number of aliphatic hydroxyl groups excluding tert-OH is 1. The highest BCUT2D eigenvalue weighted by atomic mass is 16.3. The van der Waals surface area contributed by atoms with Crippen molar-refractivity contribution in [3.05, 3.63) is 0 Å². The Bertz CT molecular complexity index is 126. The van der Waals surface area contributed by atoms with E-state index in [1.807, 2.05) is 13.8 Å². The van der Waals surface area contributed by atoms with Gasteiger partial charge in [-0.2, -0.15) is 0 Å². The molecule has 2 N–H and O–H groups in total. The first-order valence-corrected chi connectivity index (χ1v) is 4.65. The minimum atomic E-state index is -0.379. The quantitative estimate of drug-likeness (QED) is 0.631. The average Bonchev–Trinajstić information content (AvgIpc) is 2.02. The van der Waals surface area contributed by atoms with E-state index in [9.17, 15) is 9.90 Å². The molecule has 0 aromatic rings. The molecular weight excluding hydrogens is 154 g/mol. The molecule has 0 saturated heterocycles. The molecule has 0 rings (SSSR count). The van der Waals surface area contributed by atoms with Gasteiger partial charge < -0.3 is 10.4 Å². The fourth-order valence-electron chi connectivity index (χ4n) is 0.982. The molecule has 1 amide bonds. The van der Waals surface area contributed by atoms with Crippen LogP contribution in [0.1, 0.15) is 39.5 Å². The highest BCUT2D eigenvalue weighted by Crippen LogP contribution is 1.94. The van der Waals surface area contributed by atoms with Crippen LogP contribution in [0.2, 0.25) is 0 Å². The highest BCUT2D eigenvalue weighted by Gasteiger charge is 2.04. The Morgan fingerprint density at radius 2 is 2.08 bits per heavy atom. The van der Waals surface area contributed by atoms with Gasteiger partial charge in [-0.05, 0) is 12.8 Å². The second kappa shape index (κ2) is 7.10. The zero-order chi connectivity index (χ0) is 9.40. The molecule has 0 aliphatic rings. The van der Waals surface area contributed by atoms with Gasteiger partial charge in [0.2, 0.25) is 5.91 Å². The Morgan fingerprint density at radius 1 is 1.42 bits per heavy atom. The number of aliphatic hydroxyl groups is 1. The smallest absolute Gasteiger partial charge is 0.220 e. The van der Waals surface area contributed by atoms with E-state index in [2.05, 4.69) is 5.32 Å². The lowest BCUT2D eigenvalue weighted by molar-refractivity contribution is -0.121. The van der Waals surface area contributed by atoms with Crippen LogP contribution in [0.5, 0.6) is 0 Å². The second-order valence-corrected chi connectivity index (χ2v) is 3.00. The van der Waals surface area contributed by atoms with Gasteiger partial charge in [-0.15, -0.1) is 0 Å². The van der Waals surface area contributed by atoms with E-state index in [1.165, 1.54) is 0 Å². The molecule has 0 aliphatic carbocycles. The molecule has 0 bridgehead atoms. The molecule has 0 aromatic carbocycles. The number of hydrogen-bond acceptors (Lipinski definition) is 2. The Hall–Kier alpha value is -0.570.